The van der Waals surface area contributed by atoms with Crippen LogP contribution in [-0.4, -0.2) is 27.9 Å². The molecule has 0 bridgehead atoms. The van der Waals surface area contributed by atoms with Gasteiger partial charge < -0.3 is 15.6 Å². The molecule has 2 atom stereocenters. The van der Waals surface area contributed by atoms with Crippen LogP contribution in [0, 0.1) is 16.2 Å². The molecule has 0 amide bonds. The maximum absolute atomic E-state index is 11.9. The summed E-state index contributed by atoms with van der Waals surface area (Å²) in [6, 6.07) is 8.89. The van der Waals surface area contributed by atoms with Crippen LogP contribution < -0.4 is 0 Å². The van der Waals surface area contributed by atoms with Crippen LogP contribution in [0.5, 0.6) is 0 Å². The van der Waals surface area contributed by atoms with Crippen LogP contribution in [0.1, 0.15) is 18.9 Å². The van der Waals surface area contributed by atoms with Crippen LogP contribution in [-0.2, 0) is 16.0 Å². The predicted octanol–water partition coefficient (Wildman–Crippen LogP) is 2.37. The number of hydrogen-bond donors (Lipinski definition) is 3. The zero-order valence-corrected chi connectivity index (χ0v) is 11.7. The fourth-order valence-electron chi connectivity index (χ4n) is 2.85. The quantitative estimate of drug-likeness (QED) is 0.740. The van der Waals surface area contributed by atoms with E-state index in [0.717, 1.165) is 5.56 Å². The van der Waals surface area contributed by atoms with Crippen molar-refractivity contribution in [1.82, 2.24) is 0 Å². The van der Waals surface area contributed by atoms with Gasteiger partial charge in [0, 0.05) is 12.1 Å². The molecule has 5 nitrogen and oxygen atoms in total. The monoisotopic (exact) mass is 287 g/mol. The van der Waals surface area contributed by atoms with Crippen molar-refractivity contribution in [2.45, 2.75) is 19.8 Å². The Morgan fingerprint density at radius 2 is 1.81 bits per heavy atom. The molecule has 110 valence electrons. The van der Waals surface area contributed by atoms with Gasteiger partial charge in [0.1, 0.15) is 10.8 Å². The largest absolute Gasteiger partial charge is 0.481 e. The molecule has 1 aromatic carbocycles. The van der Waals surface area contributed by atoms with Crippen LogP contribution in [0.2, 0.25) is 0 Å². The summed E-state index contributed by atoms with van der Waals surface area (Å²) >= 11 is 0. The van der Waals surface area contributed by atoms with Crippen molar-refractivity contribution in [2.24, 2.45) is 10.8 Å². The van der Waals surface area contributed by atoms with Crippen LogP contribution >= 0.6 is 0 Å². The zero-order chi connectivity index (χ0) is 15.7. The molecule has 1 aliphatic carbocycles. The van der Waals surface area contributed by atoms with Gasteiger partial charge in [0.2, 0.25) is 0 Å². The SMILES string of the molecule is CC1(C(=O)O)C(=N)CC=CC1(Cc1ccccc1)C(=O)O. The van der Waals surface area contributed by atoms with E-state index in [1.165, 1.54) is 13.0 Å². The van der Waals surface area contributed by atoms with E-state index in [1.807, 2.05) is 6.07 Å². The Morgan fingerprint density at radius 3 is 2.33 bits per heavy atom. The van der Waals surface area contributed by atoms with E-state index in [1.54, 1.807) is 30.3 Å². The standard InChI is InChI=1S/C16H17NO4/c1-15(13(18)19)12(17)8-5-9-16(15,14(20)21)10-11-6-3-2-4-7-11/h2-7,9,17H,8,10H2,1H3,(H,18,19)(H,20,21). The Kier molecular flexibility index (Phi) is 3.68. The second-order valence-electron chi connectivity index (χ2n) is 5.45. The lowest BCUT2D eigenvalue weighted by molar-refractivity contribution is -0.162. The molecule has 0 saturated carbocycles. The number of rotatable bonds is 4. The number of nitrogens with one attached hydrogen (secondary N) is 1. The highest BCUT2D eigenvalue weighted by Gasteiger charge is 2.60. The molecular weight excluding hydrogens is 270 g/mol. The van der Waals surface area contributed by atoms with E-state index < -0.39 is 22.8 Å². The average Bonchev–Trinajstić information content (AvgIpc) is 2.44. The molecule has 0 radical (unpaired) electrons. The maximum Gasteiger partial charge on any atom is 0.316 e. The van der Waals surface area contributed by atoms with Crippen LogP contribution in [0.25, 0.3) is 0 Å². The highest BCUT2D eigenvalue weighted by atomic mass is 16.4. The second kappa shape index (κ2) is 5.16. The van der Waals surface area contributed by atoms with Crippen molar-refractivity contribution >= 4 is 17.7 Å². The topological polar surface area (TPSA) is 98.5 Å². The Hall–Kier alpha value is -2.43. The van der Waals surface area contributed by atoms with Crippen molar-refractivity contribution in [3.63, 3.8) is 0 Å². The number of aliphatic carboxylic acids is 2. The lowest BCUT2D eigenvalue weighted by Gasteiger charge is -2.43. The Morgan fingerprint density at radius 1 is 1.19 bits per heavy atom. The lowest BCUT2D eigenvalue weighted by Crippen LogP contribution is -2.56. The van der Waals surface area contributed by atoms with Gasteiger partial charge in [0.05, 0.1) is 0 Å². The van der Waals surface area contributed by atoms with Crippen molar-refractivity contribution in [2.75, 3.05) is 0 Å². The summed E-state index contributed by atoms with van der Waals surface area (Å²) in [4.78, 5) is 23.7. The molecule has 3 N–H and O–H groups in total. The van der Waals surface area contributed by atoms with Crippen molar-refractivity contribution in [1.29, 1.82) is 5.41 Å². The zero-order valence-electron chi connectivity index (χ0n) is 11.7. The van der Waals surface area contributed by atoms with Gasteiger partial charge in [0.25, 0.3) is 0 Å². The first-order valence-corrected chi connectivity index (χ1v) is 6.61. The van der Waals surface area contributed by atoms with Gasteiger partial charge >= 0.3 is 11.9 Å². The molecule has 1 aliphatic rings. The molecular formula is C16H17NO4. The van der Waals surface area contributed by atoms with Crippen molar-refractivity contribution < 1.29 is 19.8 Å². The van der Waals surface area contributed by atoms with Gasteiger partial charge in [-0.05, 0) is 18.9 Å². The minimum Gasteiger partial charge on any atom is -0.481 e. The third kappa shape index (κ3) is 2.14. The molecule has 1 aromatic rings. The average molecular weight is 287 g/mol. The van der Waals surface area contributed by atoms with Crippen molar-refractivity contribution in [3.05, 3.63) is 48.0 Å². The summed E-state index contributed by atoms with van der Waals surface area (Å²) in [6.07, 6.45) is 3.20. The molecule has 5 heteroatoms. The summed E-state index contributed by atoms with van der Waals surface area (Å²) in [5, 5.41) is 27.3. The first-order valence-electron chi connectivity index (χ1n) is 6.61. The minimum atomic E-state index is -1.76. The number of allylic oxidation sites excluding steroid dienone is 1. The first kappa shape index (κ1) is 15.0. The lowest BCUT2D eigenvalue weighted by atomic mass is 9.56. The molecule has 0 saturated heterocycles. The third-order valence-electron chi connectivity index (χ3n) is 4.36. The van der Waals surface area contributed by atoms with E-state index in [9.17, 15) is 19.8 Å². The van der Waals surface area contributed by atoms with Crippen LogP contribution in [0.4, 0.5) is 0 Å². The highest BCUT2D eigenvalue weighted by Crippen LogP contribution is 2.48. The molecule has 2 rings (SSSR count). The third-order valence-corrected chi connectivity index (χ3v) is 4.36. The van der Waals surface area contributed by atoms with E-state index >= 15 is 0 Å². The fraction of sp³-hybridized carbons (Fsp3) is 0.312. The maximum atomic E-state index is 11.9. The Labute approximate surface area is 122 Å². The Balaban J connectivity index is 2.61. The number of benzene rings is 1. The number of carboxylic acid groups (broad SMARTS) is 2. The smallest absolute Gasteiger partial charge is 0.316 e. The normalized spacial score (nSPS) is 28.3. The summed E-state index contributed by atoms with van der Waals surface area (Å²) in [7, 11) is 0. The van der Waals surface area contributed by atoms with Gasteiger partial charge in [-0.25, -0.2) is 0 Å². The van der Waals surface area contributed by atoms with Crippen molar-refractivity contribution in [3.8, 4) is 0 Å². The van der Waals surface area contributed by atoms with E-state index in [0.29, 0.717) is 0 Å². The van der Waals surface area contributed by atoms with Gasteiger partial charge in [-0.3, -0.25) is 9.59 Å². The molecule has 2 unspecified atom stereocenters. The Bertz CT molecular complexity index is 622. The van der Waals surface area contributed by atoms with Gasteiger partial charge in [0.15, 0.2) is 0 Å². The number of carbonyl (C=O) groups is 2. The summed E-state index contributed by atoms with van der Waals surface area (Å²) in [6.45, 7) is 1.33. The van der Waals surface area contributed by atoms with Gasteiger partial charge in [-0.15, -0.1) is 0 Å². The van der Waals surface area contributed by atoms with E-state index in [2.05, 4.69) is 0 Å². The number of carboxylic acids is 2. The van der Waals surface area contributed by atoms with Gasteiger partial charge in [-0.2, -0.15) is 0 Å². The first-order chi connectivity index (χ1) is 9.84. The highest BCUT2D eigenvalue weighted by molar-refractivity contribution is 6.10. The fourth-order valence-corrected chi connectivity index (χ4v) is 2.85. The van der Waals surface area contributed by atoms with Gasteiger partial charge in [-0.1, -0.05) is 42.5 Å². The molecule has 0 heterocycles. The van der Waals surface area contributed by atoms with Crippen LogP contribution in [0.15, 0.2) is 42.5 Å². The summed E-state index contributed by atoms with van der Waals surface area (Å²) in [5.41, 5.74) is -2.78. The summed E-state index contributed by atoms with van der Waals surface area (Å²) < 4.78 is 0. The van der Waals surface area contributed by atoms with E-state index in [4.69, 9.17) is 5.41 Å². The predicted molar refractivity (Wildman–Crippen MR) is 77.4 cm³/mol. The molecule has 0 aromatic heterocycles. The second-order valence-corrected chi connectivity index (χ2v) is 5.45. The molecule has 0 spiro atoms. The van der Waals surface area contributed by atoms with E-state index in [-0.39, 0.29) is 18.6 Å². The molecule has 0 fully saturated rings. The minimum absolute atomic E-state index is 0.0326. The van der Waals surface area contributed by atoms with Crippen LogP contribution in [0.3, 0.4) is 0 Å². The summed E-state index contributed by atoms with van der Waals surface area (Å²) in [5.74, 6) is -2.51. The number of hydrogen-bond acceptors (Lipinski definition) is 3. The molecule has 0 aliphatic heterocycles. The molecule has 21 heavy (non-hydrogen) atoms.